The van der Waals surface area contributed by atoms with Crippen molar-refractivity contribution in [3.05, 3.63) is 53.1 Å². The van der Waals surface area contributed by atoms with Crippen LogP contribution in [0.1, 0.15) is 55.7 Å². The lowest BCUT2D eigenvalue weighted by Crippen LogP contribution is -2.17. The molecule has 2 aromatic carbocycles. The molecule has 0 aliphatic heterocycles. The predicted molar refractivity (Wildman–Crippen MR) is 124 cm³/mol. The van der Waals surface area contributed by atoms with Crippen molar-refractivity contribution in [3.63, 3.8) is 0 Å². The summed E-state index contributed by atoms with van der Waals surface area (Å²) in [5, 5.41) is 4.11. The summed E-state index contributed by atoms with van der Waals surface area (Å²) in [5.74, 6) is 2.03. The normalized spacial score (nSPS) is 10.8. The van der Waals surface area contributed by atoms with Gasteiger partial charge in [0, 0.05) is 12.0 Å². The third-order valence-electron chi connectivity index (χ3n) is 5.02. The first-order valence-electron chi connectivity index (χ1n) is 10.8. The minimum atomic E-state index is -0.115. The SMILES string of the molecule is CCCCCOc1c(/C=N\NC(=O)CCCc2ccc(OC)cc2C)cccc1OC. The molecule has 0 fully saturated rings. The number of aryl methyl sites for hydroxylation is 2. The van der Waals surface area contributed by atoms with Gasteiger partial charge in [0.25, 0.3) is 0 Å². The predicted octanol–water partition coefficient (Wildman–Crippen LogP) is 5.05. The molecule has 6 nitrogen and oxygen atoms in total. The number of benzene rings is 2. The highest BCUT2D eigenvalue weighted by atomic mass is 16.5. The highest BCUT2D eigenvalue weighted by Gasteiger charge is 2.09. The number of nitrogens with one attached hydrogen (secondary N) is 1. The van der Waals surface area contributed by atoms with E-state index in [4.69, 9.17) is 14.2 Å². The Morgan fingerprint density at radius 1 is 1.10 bits per heavy atom. The van der Waals surface area contributed by atoms with E-state index in [2.05, 4.69) is 30.4 Å². The van der Waals surface area contributed by atoms with Crippen LogP contribution >= 0.6 is 0 Å². The third kappa shape index (κ3) is 7.96. The maximum absolute atomic E-state index is 12.2. The maximum Gasteiger partial charge on any atom is 0.240 e. The van der Waals surface area contributed by atoms with Crippen LogP contribution in [0.4, 0.5) is 0 Å². The lowest BCUT2D eigenvalue weighted by molar-refractivity contribution is -0.121. The first-order chi connectivity index (χ1) is 15.1. The highest BCUT2D eigenvalue weighted by Crippen LogP contribution is 2.30. The van der Waals surface area contributed by atoms with Gasteiger partial charge in [-0.1, -0.05) is 31.9 Å². The van der Waals surface area contributed by atoms with Crippen molar-refractivity contribution in [1.82, 2.24) is 5.43 Å². The lowest BCUT2D eigenvalue weighted by Gasteiger charge is -2.13. The topological polar surface area (TPSA) is 69.2 Å². The summed E-state index contributed by atoms with van der Waals surface area (Å²) >= 11 is 0. The van der Waals surface area contributed by atoms with E-state index in [1.807, 2.05) is 30.3 Å². The summed E-state index contributed by atoms with van der Waals surface area (Å²) in [5.41, 5.74) is 5.76. The van der Waals surface area contributed by atoms with E-state index < -0.39 is 0 Å². The number of nitrogens with zero attached hydrogens (tertiary/aromatic N) is 1. The first kappa shape index (κ1) is 24.3. The van der Waals surface area contributed by atoms with Gasteiger partial charge in [-0.3, -0.25) is 4.79 Å². The van der Waals surface area contributed by atoms with Gasteiger partial charge in [-0.25, -0.2) is 5.43 Å². The number of hydrazone groups is 1. The second-order valence-corrected chi connectivity index (χ2v) is 7.37. The summed E-state index contributed by atoms with van der Waals surface area (Å²) in [4.78, 5) is 12.2. The van der Waals surface area contributed by atoms with Crippen molar-refractivity contribution in [3.8, 4) is 17.2 Å². The molecule has 0 radical (unpaired) electrons. The van der Waals surface area contributed by atoms with Crippen LogP contribution in [0.5, 0.6) is 17.2 Å². The molecule has 0 aliphatic carbocycles. The fourth-order valence-electron chi connectivity index (χ4n) is 3.22. The Balaban J connectivity index is 1.86. The van der Waals surface area contributed by atoms with E-state index >= 15 is 0 Å². The Morgan fingerprint density at radius 3 is 2.65 bits per heavy atom. The largest absolute Gasteiger partial charge is 0.497 e. The molecule has 0 aliphatic rings. The summed E-state index contributed by atoms with van der Waals surface area (Å²) in [6.07, 6.45) is 6.82. The van der Waals surface area contributed by atoms with Crippen molar-refractivity contribution < 1.29 is 19.0 Å². The molecule has 0 bridgehead atoms. The van der Waals surface area contributed by atoms with Crippen molar-refractivity contribution >= 4 is 12.1 Å². The number of carbonyl (C=O) groups is 1. The van der Waals surface area contributed by atoms with Crippen LogP contribution in [0, 0.1) is 6.92 Å². The number of ether oxygens (including phenoxy) is 3. The Morgan fingerprint density at radius 2 is 1.94 bits per heavy atom. The molecular weight excluding hydrogens is 392 g/mol. The number of unbranched alkanes of at least 4 members (excludes halogenated alkanes) is 2. The molecule has 1 amide bonds. The smallest absolute Gasteiger partial charge is 0.240 e. The zero-order valence-corrected chi connectivity index (χ0v) is 19.1. The Bertz CT molecular complexity index is 865. The second-order valence-electron chi connectivity index (χ2n) is 7.37. The molecule has 1 N–H and O–H groups in total. The summed E-state index contributed by atoms with van der Waals surface area (Å²) < 4.78 is 16.6. The number of methoxy groups -OCH3 is 2. The molecule has 2 rings (SSSR count). The van der Waals surface area contributed by atoms with Crippen LogP contribution in [0.15, 0.2) is 41.5 Å². The van der Waals surface area contributed by atoms with E-state index in [0.717, 1.165) is 43.4 Å². The number of para-hydroxylation sites is 1. The van der Waals surface area contributed by atoms with Gasteiger partial charge >= 0.3 is 0 Å². The number of carbonyl (C=O) groups excluding carboxylic acids is 1. The van der Waals surface area contributed by atoms with Crippen molar-refractivity contribution in [1.29, 1.82) is 0 Å². The van der Waals surface area contributed by atoms with Gasteiger partial charge in [0.2, 0.25) is 5.91 Å². The molecule has 0 aromatic heterocycles. The standard InChI is InChI=1S/C25H34N2O4/c1-5-6-7-16-31-25-21(11-8-12-23(25)30-4)18-26-27-24(28)13-9-10-20-14-15-22(29-3)17-19(20)2/h8,11-12,14-15,17-18H,5-7,9-10,13,16H2,1-4H3,(H,27,28)/b26-18-. The molecule has 0 unspecified atom stereocenters. The Kier molecular flexibility index (Phi) is 10.4. The molecule has 2 aromatic rings. The van der Waals surface area contributed by atoms with Crippen molar-refractivity contribution in [2.24, 2.45) is 5.10 Å². The molecule has 0 heterocycles. The van der Waals surface area contributed by atoms with Gasteiger partial charge in [0.15, 0.2) is 11.5 Å². The van der Waals surface area contributed by atoms with Crippen LogP contribution in [0.25, 0.3) is 0 Å². The number of hydrogen-bond donors (Lipinski definition) is 1. The monoisotopic (exact) mass is 426 g/mol. The average molecular weight is 427 g/mol. The second kappa shape index (κ2) is 13.3. The zero-order chi connectivity index (χ0) is 22.5. The first-order valence-corrected chi connectivity index (χ1v) is 10.8. The summed E-state index contributed by atoms with van der Waals surface area (Å²) in [6.45, 7) is 4.83. The Labute approximate surface area is 185 Å². The lowest BCUT2D eigenvalue weighted by atomic mass is 10.0. The molecule has 0 atom stereocenters. The van der Waals surface area contributed by atoms with Gasteiger partial charge in [-0.15, -0.1) is 0 Å². The third-order valence-corrected chi connectivity index (χ3v) is 5.02. The minimum absolute atomic E-state index is 0.115. The average Bonchev–Trinajstić information content (AvgIpc) is 2.78. The van der Waals surface area contributed by atoms with Crippen LogP contribution in [-0.4, -0.2) is 32.9 Å². The van der Waals surface area contributed by atoms with E-state index in [0.29, 0.717) is 24.5 Å². The van der Waals surface area contributed by atoms with Gasteiger partial charge in [-0.05, 0) is 61.6 Å². The van der Waals surface area contributed by atoms with Crippen LogP contribution in [0.3, 0.4) is 0 Å². The summed E-state index contributed by atoms with van der Waals surface area (Å²) in [7, 11) is 3.27. The minimum Gasteiger partial charge on any atom is -0.497 e. The van der Waals surface area contributed by atoms with Crippen LogP contribution < -0.4 is 19.6 Å². The molecule has 6 heteroatoms. The van der Waals surface area contributed by atoms with E-state index in [-0.39, 0.29) is 5.91 Å². The van der Waals surface area contributed by atoms with Crippen molar-refractivity contribution in [2.75, 3.05) is 20.8 Å². The van der Waals surface area contributed by atoms with E-state index in [1.54, 1.807) is 20.4 Å². The van der Waals surface area contributed by atoms with E-state index in [9.17, 15) is 4.79 Å². The molecular formula is C25H34N2O4. The van der Waals surface area contributed by atoms with E-state index in [1.165, 1.54) is 11.1 Å². The van der Waals surface area contributed by atoms with Gasteiger partial charge in [-0.2, -0.15) is 5.10 Å². The highest BCUT2D eigenvalue weighted by molar-refractivity contribution is 5.86. The van der Waals surface area contributed by atoms with Crippen LogP contribution in [-0.2, 0) is 11.2 Å². The fraction of sp³-hybridized carbons (Fsp3) is 0.440. The quantitative estimate of drug-likeness (QED) is 0.276. The Hall–Kier alpha value is -3.02. The molecule has 0 saturated heterocycles. The number of amides is 1. The number of rotatable bonds is 13. The van der Waals surface area contributed by atoms with Gasteiger partial charge in [0.05, 0.1) is 27.0 Å². The zero-order valence-electron chi connectivity index (χ0n) is 19.1. The van der Waals surface area contributed by atoms with Gasteiger partial charge < -0.3 is 14.2 Å². The fourth-order valence-corrected chi connectivity index (χ4v) is 3.22. The van der Waals surface area contributed by atoms with Crippen LogP contribution in [0.2, 0.25) is 0 Å². The molecule has 168 valence electrons. The molecule has 0 spiro atoms. The molecule has 0 saturated carbocycles. The number of hydrogen-bond acceptors (Lipinski definition) is 5. The molecule has 31 heavy (non-hydrogen) atoms. The summed E-state index contributed by atoms with van der Waals surface area (Å²) in [6, 6.07) is 11.6. The maximum atomic E-state index is 12.2. The van der Waals surface area contributed by atoms with Gasteiger partial charge in [0.1, 0.15) is 5.75 Å². The van der Waals surface area contributed by atoms with Crippen molar-refractivity contribution in [2.45, 2.75) is 52.4 Å².